The van der Waals surface area contributed by atoms with Crippen molar-refractivity contribution in [3.63, 3.8) is 0 Å². The lowest BCUT2D eigenvalue weighted by atomic mass is 10.3. The predicted octanol–water partition coefficient (Wildman–Crippen LogP) is 1.44. The molecule has 0 saturated heterocycles. The van der Waals surface area contributed by atoms with Crippen molar-refractivity contribution in [1.82, 2.24) is 15.8 Å². The molecule has 1 aliphatic heterocycles. The number of nitrogens with zero attached hydrogens (tertiary/aromatic N) is 1. The third-order valence-corrected chi connectivity index (χ3v) is 3.05. The number of rotatable bonds is 2. The van der Waals surface area contributed by atoms with Gasteiger partial charge >= 0.3 is 0 Å². The second kappa shape index (κ2) is 6.27. The van der Waals surface area contributed by atoms with Crippen LogP contribution in [0.1, 0.15) is 10.4 Å². The number of carbonyl (C=O) groups is 1. The fourth-order valence-electron chi connectivity index (χ4n) is 1.82. The summed E-state index contributed by atoms with van der Waals surface area (Å²) < 4.78 is 10.5. The van der Waals surface area contributed by atoms with E-state index in [0.717, 1.165) is 5.69 Å². The molecule has 0 unspecified atom stereocenters. The molecule has 1 amide bonds. The van der Waals surface area contributed by atoms with Crippen molar-refractivity contribution in [3.05, 3.63) is 48.3 Å². The highest BCUT2D eigenvalue weighted by Crippen LogP contribution is 2.34. The lowest BCUT2D eigenvalue weighted by molar-refractivity contribution is 0.0944. The molecule has 3 rings (SSSR count). The summed E-state index contributed by atoms with van der Waals surface area (Å²) in [6.07, 6.45) is 3.06. The number of fused-ring (bicyclic) bond motifs is 1. The Morgan fingerprint density at radius 1 is 1.18 bits per heavy atom. The first-order chi connectivity index (χ1) is 10.7. The van der Waals surface area contributed by atoms with E-state index in [0.29, 0.717) is 17.1 Å². The number of pyridine rings is 1. The summed E-state index contributed by atoms with van der Waals surface area (Å²) in [5, 5.41) is 3.18. The first-order valence-electron chi connectivity index (χ1n) is 6.39. The minimum Gasteiger partial charge on any atom is -0.454 e. The molecule has 2 heterocycles. The Morgan fingerprint density at radius 2 is 2.05 bits per heavy atom. The first-order valence-corrected chi connectivity index (χ1v) is 6.80. The van der Waals surface area contributed by atoms with Crippen LogP contribution in [0.25, 0.3) is 0 Å². The van der Waals surface area contributed by atoms with Gasteiger partial charge in [-0.3, -0.25) is 20.6 Å². The van der Waals surface area contributed by atoms with Crippen LogP contribution in [0, 0.1) is 0 Å². The molecule has 1 aliphatic rings. The van der Waals surface area contributed by atoms with Gasteiger partial charge in [-0.05, 0) is 36.5 Å². The third-order valence-electron chi connectivity index (χ3n) is 2.84. The Morgan fingerprint density at radius 3 is 2.86 bits per heavy atom. The van der Waals surface area contributed by atoms with Crippen molar-refractivity contribution in [2.24, 2.45) is 0 Å². The minimum absolute atomic E-state index is 0.211. The molecule has 0 atom stereocenters. The van der Waals surface area contributed by atoms with Crippen LogP contribution in [0.3, 0.4) is 0 Å². The van der Waals surface area contributed by atoms with Crippen LogP contribution in [0.4, 0.5) is 5.69 Å². The lowest BCUT2D eigenvalue weighted by Gasteiger charge is -2.11. The van der Waals surface area contributed by atoms with E-state index < -0.39 is 0 Å². The van der Waals surface area contributed by atoms with Crippen LogP contribution in [0.5, 0.6) is 11.5 Å². The van der Waals surface area contributed by atoms with Gasteiger partial charge in [0.1, 0.15) is 0 Å². The van der Waals surface area contributed by atoms with Crippen LogP contribution >= 0.6 is 12.2 Å². The van der Waals surface area contributed by atoms with Crippen LogP contribution in [-0.4, -0.2) is 22.8 Å². The van der Waals surface area contributed by atoms with Gasteiger partial charge in [0.25, 0.3) is 5.91 Å². The molecule has 1 aromatic heterocycles. The molecule has 7 nitrogen and oxygen atoms in total. The van der Waals surface area contributed by atoms with Crippen LogP contribution < -0.4 is 25.6 Å². The van der Waals surface area contributed by atoms with Crippen molar-refractivity contribution in [2.75, 3.05) is 12.1 Å². The number of aromatic nitrogens is 1. The van der Waals surface area contributed by atoms with E-state index in [1.165, 1.54) is 6.20 Å². The monoisotopic (exact) mass is 316 g/mol. The average Bonchev–Trinajstić information content (AvgIpc) is 3.01. The quantitative estimate of drug-likeness (QED) is 0.571. The predicted molar refractivity (Wildman–Crippen MR) is 83.6 cm³/mol. The molecular formula is C14H12N4O3S. The molecule has 0 fully saturated rings. The fraction of sp³-hybridized carbons (Fsp3) is 0.0714. The number of benzene rings is 1. The van der Waals surface area contributed by atoms with Crippen LogP contribution in [-0.2, 0) is 0 Å². The van der Waals surface area contributed by atoms with E-state index in [9.17, 15) is 4.79 Å². The number of amides is 1. The van der Waals surface area contributed by atoms with Gasteiger partial charge in [0, 0.05) is 24.1 Å². The summed E-state index contributed by atoms with van der Waals surface area (Å²) in [5.41, 5.74) is 6.25. The summed E-state index contributed by atoms with van der Waals surface area (Å²) in [5.74, 6) is 1.00. The Labute approximate surface area is 131 Å². The van der Waals surface area contributed by atoms with Gasteiger partial charge in [0.2, 0.25) is 6.79 Å². The van der Waals surface area contributed by atoms with E-state index in [1.807, 2.05) is 0 Å². The highest BCUT2D eigenvalue weighted by atomic mass is 32.1. The molecule has 112 valence electrons. The van der Waals surface area contributed by atoms with Crippen molar-refractivity contribution < 1.29 is 14.3 Å². The van der Waals surface area contributed by atoms with Gasteiger partial charge < -0.3 is 14.8 Å². The van der Waals surface area contributed by atoms with Gasteiger partial charge in [-0.1, -0.05) is 0 Å². The molecule has 0 radical (unpaired) electrons. The zero-order valence-electron chi connectivity index (χ0n) is 11.3. The zero-order valence-corrected chi connectivity index (χ0v) is 12.1. The first kappa shape index (κ1) is 14.1. The van der Waals surface area contributed by atoms with E-state index in [4.69, 9.17) is 21.7 Å². The SMILES string of the molecule is O=C(NNC(=S)Nc1ccc2c(c1)OCO2)c1cccnc1. The van der Waals surface area contributed by atoms with Gasteiger partial charge in [-0.25, -0.2) is 0 Å². The highest BCUT2D eigenvalue weighted by molar-refractivity contribution is 7.80. The fourth-order valence-corrected chi connectivity index (χ4v) is 1.99. The summed E-state index contributed by atoms with van der Waals surface area (Å²) in [4.78, 5) is 15.7. The van der Waals surface area contributed by atoms with Crippen molar-refractivity contribution >= 4 is 28.9 Å². The van der Waals surface area contributed by atoms with Gasteiger partial charge in [0.05, 0.1) is 5.56 Å². The molecule has 0 saturated carbocycles. The standard InChI is InChI=1S/C14H12N4O3S/c19-13(9-2-1-5-15-7-9)17-18-14(22)16-10-3-4-11-12(6-10)21-8-20-11/h1-7H,8H2,(H,17,19)(H2,16,18,22). The van der Waals surface area contributed by atoms with Crippen LogP contribution in [0.15, 0.2) is 42.7 Å². The number of carbonyl (C=O) groups excluding carboxylic acids is 1. The topological polar surface area (TPSA) is 84.5 Å². The van der Waals surface area contributed by atoms with Crippen molar-refractivity contribution in [2.45, 2.75) is 0 Å². The van der Waals surface area contributed by atoms with Crippen molar-refractivity contribution in [3.8, 4) is 11.5 Å². The van der Waals surface area contributed by atoms with Crippen LogP contribution in [0.2, 0.25) is 0 Å². The number of hydrazine groups is 1. The Hall–Kier alpha value is -2.87. The number of ether oxygens (including phenoxy) is 2. The average molecular weight is 316 g/mol. The van der Waals surface area contributed by atoms with E-state index in [2.05, 4.69) is 21.2 Å². The summed E-state index contributed by atoms with van der Waals surface area (Å²) in [6, 6.07) is 8.67. The number of hydrogen-bond donors (Lipinski definition) is 3. The molecule has 22 heavy (non-hydrogen) atoms. The normalized spacial score (nSPS) is 11.6. The molecule has 0 aliphatic carbocycles. The molecule has 8 heteroatoms. The summed E-state index contributed by atoms with van der Waals surface area (Å²) in [7, 11) is 0. The summed E-state index contributed by atoms with van der Waals surface area (Å²) in [6.45, 7) is 0.211. The van der Waals surface area contributed by atoms with Crippen molar-refractivity contribution in [1.29, 1.82) is 0 Å². The van der Waals surface area contributed by atoms with Gasteiger partial charge in [0.15, 0.2) is 16.6 Å². The van der Waals surface area contributed by atoms with E-state index in [-0.39, 0.29) is 17.8 Å². The Balaban J connectivity index is 1.53. The number of hydrogen-bond acceptors (Lipinski definition) is 5. The number of anilines is 1. The maximum absolute atomic E-state index is 11.8. The smallest absolute Gasteiger partial charge is 0.271 e. The molecule has 1 aromatic carbocycles. The minimum atomic E-state index is -0.331. The molecule has 0 bridgehead atoms. The van der Waals surface area contributed by atoms with Gasteiger partial charge in [-0.2, -0.15) is 0 Å². The maximum atomic E-state index is 11.8. The molecule has 3 N–H and O–H groups in total. The Kier molecular flexibility index (Phi) is 4.01. The molecule has 0 spiro atoms. The Bertz CT molecular complexity index is 708. The third kappa shape index (κ3) is 3.23. The zero-order chi connectivity index (χ0) is 15.4. The largest absolute Gasteiger partial charge is 0.454 e. The number of thiocarbonyl (C=S) groups is 1. The molecular weight excluding hydrogens is 304 g/mol. The number of nitrogens with one attached hydrogen (secondary N) is 3. The maximum Gasteiger partial charge on any atom is 0.271 e. The lowest BCUT2D eigenvalue weighted by Crippen LogP contribution is -2.43. The van der Waals surface area contributed by atoms with E-state index >= 15 is 0 Å². The van der Waals surface area contributed by atoms with E-state index in [1.54, 1.807) is 36.5 Å². The second-order valence-corrected chi connectivity index (χ2v) is 4.75. The highest BCUT2D eigenvalue weighted by Gasteiger charge is 2.13. The second-order valence-electron chi connectivity index (χ2n) is 4.34. The summed E-state index contributed by atoms with van der Waals surface area (Å²) >= 11 is 5.11. The van der Waals surface area contributed by atoms with Gasteiger partial charge in [-0.15, -0.1) is 0 Å². The molecule has 2 aromatic rings.